The molecular weight excluding hydrogens is 286 g/mol. The van der Waals surface area contributed by atoms with Crippen LogP contribution in [0.1, 0.15) is 11.1 Å². The van der Waals surface area contributed by atoms with Crippen molar-refractivity contribution in [3.8, 4) is 11.1 Å². The van der Waals surface area contributed by atoms with Crippen molar-refractivity contribution < 1.29 is 9.90 Å². The highest BCUT2D eigenvalue weighted by Gasteiger charge is 2.37. The molecule has 3 heteroatoms. The van der Waals surface area contributed by atoms with Crippen molar-refractivity contribution in [1.82, 2.24) is 0 Å². The highest BCUT2D eigenvalue weighted by molar-refractivity contribution is 5.88. The standard InChI is InChI=1S/C20H17NO2/c21-19(22)20(23,17-9-5-2-6-10-17)18-13-11-16(12-14-18)15-7-3-1-4-8-15/h1-14,23H,(H2,21,22). The van der Waals surface area contributed by atoms with Gasteiger partial charge in [0.25, 0.3) is 5.91 Å². The van der Waals surface area contributed by atoms with Crippen LogP contribution in [0.2, 0.25) is 0 Å². The number of carbonyl (C=O) groups is 1. The van der Waals surface area contributed by atoms with Gasteiger partial charge in [-0.25, -0.2) is 0 Å². The Morgan fingerprint density at radius 2 is 1.13 bits per heavy atom. The first-order valence-corrected chi connectivity index (χ1v) is 7.36. The molecule has 0 aliphatic heterocycles. The Bertz CT molecular complexity index is 798. The number of hydrogen-bond donors (Lipinski definition) is 2. The lowest BCUT2D eigenvalue weighted by Gasteiger charge is -2.26. The molecule has 3 nitrogen and oxygen atoms in total. The second-order valence-corrected chi connectivity index (χ2v) is 5.38. The zero-order valence-corrected chi connectivity index (χ0v) is 12.5. The third kappa shape index (κ3) is 2.74. The number of aliphatic hydroxyl groups is 1. The second-order valence-electron chi connectivity index (χ2n) is 5.38. The maximum Gasteiger partial charge on any atom is 0.258 e. The third-order valence-electron chi connectivity index (χ3n) is 3.96. The van der Waals surface area contributed by atoms with E-state index in [1.807, 2.05) is 48.5 Å². The van der Waals surface area contributed by atoms with Crippen LogP contribution in [-0.4, -0.2) is 11.0 Å². The van der Waals surface area contributed by atoms with Gasteiger partial charge in [0.2, 0.25) is 0 Å². The molecule has 3 N–H and O–H groups in total. The van der Waals surface area contributed by atoms with Gasteiger partial charge in [0, 0.05) is 0 Å². The zero-order chi connectivity index (χ0) is 16.3. The summed E-state index contributed by atoms with van der Waals surface area (Å²) in [6.07, 6.45) is 0. The first-order chi connectivity index (χ1) is 11.1. The SMILES string of the molecule is NC(=O)C(O)(c1ccccc1)c1ccc(-c2ccccc2)cc1. The number of carbonyl (C=O) groups excluding carboxylic acids is 1. The summed E-state index contributed by atoms with van der Waals surface area (Å²) in [7, 11) is 0. The van der Waals surface area contributed by atoms with Crippen LogP contribution < -0.4 is 5.73 Å². The maximum atomic E-state index is 11.9. The van der Waals surface area contributed by atoms with Crippen molar-refractivity contribution in [2.75, 3.05) is 0 Å². The van der Waals surface area contributed by atoms with Crippen molar-refractivity contribution >= 4 is 5.91 Å². The minimum absolute atomic E-state index is 0.455. The van der Waals surface area contributed by atoms with Crippen molar-refractivity contribution in [2.45, 2.75) is 5.60 Å². The number of primary amides is 1. The van der Waals surface area contributed by atoms with Crippen LogP contribution in [0, 0.1) is 0 Å². The Kier molecular flexibility index (Phi) is 3.96. The van der Waals surface area contributed by atoms with Gasteiger partial charge >= 0.3 is 0 Å². The molecule has 3 rings (SSSR count). The number of hydrogen-bond acceptors (Lipinski definition) is 2. The van der Waals surface area contributed by atoms with E-state index in [4.69, 9.17) is 5.73 Å². The van der Waals surface area contributed by atoms with Gasteiger partial charge in [0.05, 0.1) is 0 Å². The molecule has 114 valence electrons. The van der Waals surface area contributed by atoms with Crippen molar-refractivity contribution in [3.05, 3.63) is 96.1 Å². The molecule has 0 aromatic heterocycles. The Morgan fingerprint density at radius 3 is 1.65 bits per heavy atom. The predicted molar refractivity (Wildman–Crippen MR) is 90.5 cm³/mol. The molecule has 3 aromatic rings. The highest BCUT2D eigenvalue weighted by atomic mass is 16.3. The molecular formula is C20H17NO2. The number of benzene rings is 3. The summed E-state index contributed by atoms with van der Waals surface area (Å²) >= 11 is 0. The van der Waals surface area contributed by atoms with Crippen molar-refractivity contribution in [3.63, 3.8) is 0 Å². The van der Waals surface area contributed by atoms with Crippen molar-refractivity contribution in [2.24, 2.45) is 5.73 Å². The average molecular weight is 303 g/mol. The molecule has 23 heavy (non-hydrogen) atoms. The predicted octanol–water partition coefficient (Wildman–Crippen LogP) is 3.07. The van der Waals surface area contributed by atoms with Gasteiger partial charge in [-0.15, -0.1) is 0 Å². The first-order valence-electron chi connectivity index (χ1n) is 7.36. The van der Waals surface area contributed by atoms with Crippen molar-refractivity contribution in [1.29, 1.82) is 0 Å². The Morgan fingerprint density at radius 1 is 0.696 bits per heavy atom. The molecule has 0 saturated carbocycles. The van der Waals surface area contributed by atoms with Crippen LogP contribution in [0.25, 0.3) is 11.1 Å². The fourth-order valence-corrected chi connectivity index (χ4v) is 2.67. The molecule has 0 heterocycles. The first kappa shape index (κ1) is 15.0. The van der Waals surface area contributed by atoms with Gasteiger partial charge in [-0.1, -0.05) is 84.9 Å². The monoisotopic (exact) mass is 303 g/mol. The smallest absolute Gasteiger partial charge is 0.258 e. The van der Waals surface area contributed by atoms with Gasteiger partial charge in [-0.2, -0.15) is 0 Å². The lowest BCUT2D eigenvalue weighted by Crippen LogP contribution is -2.42. The molecule has 1 unspecified atom stereocenters. The number of rotatable bonds is 4. The van der Waals surface area contributed by atoms with E-state index in [1.54, 1.807) is 36.4 Å². The lowest BCUT2D eigenvalue weighted by molar-refractivity contribution is -0.133. The van der Waals surface area contributed by atoms with Crippen LogP contribution in [-0.2, 0) is 10.4 Å². The summed E-state index contributed by atoms with van der Waals surface area (Å²) < 4.78 is 0. The molecule has 0 bridgehead atoms. The molecule has 1 amide bonds. The van der Waals surface area contributed by atoms with E-state index >= 15 is 0 Å². The van der Waals surface area contributed by atoms with Gasteiger partial charge in [-0.3, -0.25) is 4.79 Å². The normalized spacial score (nSPS) is 13.3. The fraction of sp³-hybridized carbons (Fsp3) is 0.0500. The molecule has 0 saturated heterocycles. The summed E-state index contributed by atoms with van der Waals surface area (Å²) in [4.78, 5) is 11.9. The van der Waals surface area contributed by atoms with E-state index in [0.717, 1.165) is 11.1 Å². The Hall–Kier alpha value is -2.91. The van der Waals surface area contributed by atoms with Gasteiger partial charge in [0.1, 0.15) is 0 Å². The summed E-state index contributed by atoms with van der Waals surface area (Å²) in [5.41, 5.74) is 6.65. The quantitative estimate of drug-likeness (QED) is 0.778. The van der Waals surface area contributed by atoms with Gasteiger partial charge in [-0.05, 0) is 22.3 Å². The fourth-order valence-electron chi connectivity index (χ4n) is 2.67. The van der Waals surface area contributed by atoms with E-state index in [-0.39, 0.29) is 0 Å². The molecule has 3 aromatic carbocycles. The molecule has 0 spiro atoms. The van der Waals surface area contributed by atoms with Crippen LogP contribution in [0.5, 0.6) is 0 Å². The van der Waals surface area contributed by atoms with E-state index in [1.165, 1.54) is 0 Å². The topological polar surface area (TPSA) is 63.3 Å². The molecule has 0 aliphatic carbocycles. The molecule has 0 aliphatic rings. The Balaban J connectivity index is 2.04. The second kappa shape index (κ2) is 6.07. The minimum Gasteiger partial charge on any atom is -0.372 e. The van der Waals surface area contributed by atoms with Crippen LogP contribution in [0.4, 0.5) is 0 Å². The summed E-state index contributed by atoms with van der Waals surface area (Å²) in [6.45, 7) is 0. The molecule has 0 radical (unpaired) electrons. The van der Waals surface area contributed by atoms with E-state index in [9.17, 15) is 9.90 Å². The van der Waals surface area contributed by atoms with Gasteiger partial charge in [0.15, 0.2) is 5.60 Å². The molecule has 1 atom stereocenters. The highest BCUT2D eigenvalue weighted by Crippen LogP contribution is 2.31. The number of nitrogens with two attached hydrogens (primary N) is 1. The summed E-state index contributed by atoms with van der Waals surface area (Å²) in [5, 5.41) is 10.9. The lowest BCUT2D eigenvalue weighted by atomic mass is 9.85. The minimum atomic E-state index is -1.84. The van der Waals surface area contributed by atoms with Crippen LogP contribution in [0.3, 0.4) is 0 Å². The number of amides is 1. The van der Waals surface area contributed by atoms with E-state index < -0.39 is 11.5 Å². The summed E-state index contributed by atoms with van der Waals surface area (Å²) in [6, 6.07) is 25.9. The van der Waals surface area contributed by atoms with Crippen LogP contribution in [0.15, 0.2) is 84.9 Å². The van der Waals surface area contributed by atoms with Gasteiger partial charge < -0.3 is 10.8 Å². The Labute approximate surface area is 135 Å². The maximum absolute atomic E-state index is 11.9. The average Bonchev–Trinajstić information content (AvgIpc) is 2.62. The zero-order valence-electron chi connectivity index (χ0n) is 12.5. The van der Waals surface area contributed by atoms with Crippen LogP contribution >= 0.6 is 0 Å². The third-order valence-corrected chi connectivity index (χ3v) is 3.96. The largest absolute Gasteiger partial charge is 0.372 e. The summed E-state index contributed by atoms with van der Waals surface area (Å²) in [5.74, 6) is -0.795. The van der Waals surface area contributed by atoms with E-state index in [2.05, 4.69) is 0 Å². The molecule has 0 fully saturated rings. The van der Waals surface area contributed by atoms with E-state index in [0.29, 0.717) is 11.1 Å².